The highest BCUT2D eigenvalue weighted by Crippen LogP contribution is 2.23. The lowest BCUT2D eigenvalue weighted by Crippen LogP contribution is -2.30. The second-order valence-corrected chi connectivity index (χ2v) is 6.28. The maximum atomic E-state index is 13.2. The van der Waals surface area contributed by atoms with Gasteiger partial charge in [0.05, 0.1) is 0 Å². The summed E-state index contributed by atoms with van der Waals surface area (Å²) in [6, 6.07) is 5.74. The van der Waals surface area contributed by atoms with E-state index in [2.05, 4.69) is 27.9 Å². The SMILES string of the molecule is CN(Cc1cc(F)cc(Br)c1)C1CCSC1. The van der Waals surface area contributed by atoms with Gasteiger partial charge in [-0.2, -0.15) is 11.8 Å². The second-order valence-electron chi connectivity index (χ2n) is 4.21. The minimum absolute atomic E-state index is 0.168. The molecule has 0 amide bonds. The minimum atomic E-state index is -0.168. The fourth-order valence-corrected chi connectivity index (χ4v) is 3.80. The smallest absolute Gasteiger partial charge is 0.124 e. The van der Waals surface area contributed by atoms with E-state index in [-0.39, 0.29) is 5.82 Å². The zero-order valence-electron chi connectivity index (χ0n) is 9.25. The molecule has 0 spiro atoms. The molecule has 1 unspecified atom stereocenters. The molecule has 1 heterocycles. The van der Waals surface area contributed by atoms with Gasteiger partial charge in [-0.05, 0) is 43.0 Å². The molecular weight excluding hydrogens is 289 g/mol. The quantitative estimate of drug-likeness (QED) is 0.840. The van der Waals surface area contributed by atoms with E-state index in [4.69, 9.17) is 0 Å². The second kappa shape index (κ2) is 5.52. The first-order valence-corrected chi connectivity index (χ1v) is 7.33. The van der Waals surface area contributed by atoms with Gasteiger partial charge in [0.25, 0.3) is 0 Å². The third kappa shape index (κ3) is 3.22. The monoisotopic (exact) mass is 303 g/mol. The van der Waals surface area contributed by atoms with Crippen molar-refractivity contribution in [3.8, 4) is 0 Å². The van der Waals surface area contributed by atoms with Crippen molar-refractivity contribution in [1.29, 1.82) is 0 Å². The third-order valence-corrected chi connectivity index (χ3v) is 4.49. The van der Waals surface area contributed by atoms with Crippen molar-refractivity contribution in [2.45, 2.75) is 19.0 Å². The van der Waals surface area contributed by atoms with E-state index < -0.39 is 0 Å². The van der Waals surface area contributed by atoms with Crippen LogP contribution in [0.15, 0.2) is 22.7 Å². The molecule has 1 aromatic carbocycles. The molecular formula is C12H15BrFNS. The average molecular weight is 304 g/mol. The number of hydrogen-bond donors (Lipinski definition) is 0. The predicted molar refractivity (Wildman–Crippen MR) is 71.3 cm³/mol. The van der Waals surface area contributed by atoms with Crippen molar-refractivity contribution in [3.63, 3.8) is 0 Å². The summed E-state index contributed by atoms with van der Waals surface area (Å²) in [5, 5.41) is 0. The van der Waals surface area contributed by atoms with Crippen LogP contribution in [0.25, 0.3) is 0 Å². The molecule has 1 aliphatic rings. The molecule has 0 aromatic heterocycles. The molecule has 16 heavy (non-hydrogen) atoms. The van der Waals surface area contributed by atoms with Gasteiger partial charge in [-0.3, -0.25) is 4.90 Å². The van der Waals surface area contributed by atoms with Gasteiger partial charge < -0.3 is 0 Å². The highest BCUT2D eigenvalue weighted by Gasteiger charge is 2.19. The lowest BCUT2D eigenvalue weighted by Gasteiger charge is -2.23. The average Bonchev–Trinajstić information content (AvgIpc) is 2.68. The maximum absolute atomic E-state index is 13.2. The van der Waals surface area contributed by atoms with E-state index >= 15 is 0 Å². The molecule has 1 nitrogen and oxygen atoms in total. The van der Waals surface area contributed by atoms with Gasteiger partial charge in [0, 0.05) is 22.8 Å². The number of rotatable bonds is 3. The Bertz CT molecular complexity index is 346. The van der Waals surface area contributed by atoms with Crippen LogP contribution in [0.4, 0.5) is 4.39 Å². The number of benzene rings is 1. The summed E-state index contributed by atoms with van der Waals surface area (Å²) in [6.07, 6.45) is 1.25. The van der Waals surface area contributed by atoms with Crippen molar-refractivity contribution in [2.75, 3.05) is 18.6 Å². The molecule has 1 atom stereocenters. The molecule has 0 saturated carbocycles. The topological polar surface area (TPSA) is 3.24 Å². The Labute approximate surface area is 109 Å². The molecule has 1 aromatic rings. The lowest BCUT2D eigenvalue weighted by molar-refractivity contribution is 0.254. The van der Waals surface area contributed by atoms with E-state index in [1.54, 1.807) is 6.07 Å². The largest absolute Gasteiger partial charge is 0.298 e. The number of hydrogen-bond acceptors (Lipinski definition) is 2. The zero-order valence-corrected chi connectivity index (χ0v) is 11.7. The summed E-state index contributed by atoms with van der Waals surface area (Å²) in [5.41, 5.74) is 1.03. The fraction of sp³-hybridized carbons (Fsp3) is 0.500. The molecule has 0 aliphatic carbocycles. The van der Waals surface area contributed by atoms with Crippen molar-refractivity contribution in [1.82, 2.24) is 4.90 Å². The summed E-state index contributed by atoms with van der Waals surface area (Å²) in [5.74, 6) is 2.29. The standard InChI is InChI=1S/C12H15BrFNS/c1-15(12-2-3-16-8-12)7-9-4-10(13)6-11(14)5-9/h4-6,12H,2-3,7-8H2,1H3. The number of halogens is 2. The van der Waals surface area contributed by atoms with Gasteiger partial charge in [0.2, 0.25) is 0 Å². The maximum Gasteiger partial charge on any atom is 0.124 e. The summed E-state index contributed by atoms with van der Waals surface area (Å²) < 4.78 is 14.0. The molecule has 2 rings (SSSR count). The predicted octanol–water partition coefficient (Wildman–Crippen LogP) is 3.53. The van der Waals surface area contributed by atoms with Crippen LogP contribution in [0, 0.1) is 5.82 Å². The van der Waals surface area contributed by atoms with E-state index in [1.807, 2.05) is 17.8 Å². The first kappa shape index (κ1) is 12.4. The Kier molecular flexibility index (Phi) is 4.27. The van der Waals surface area contributed by atoms with Crippen molar-refractivity contribution < 1.29 is 4.39 Å². The van der Waals surface area contributed by atoms with E-state index in [0.29, 0.717) is 6.04 Å². The van der Waals surface area contributed by atoms with E-state index in [0.717, 1.165) is 16.6 Å². The minimum Gasteiger partial charge on any atom is -0.298 e. The van der Waals surface area contributed by atoms with Crippen LogP contribution in [-0.4, -0.2) is 29.5 Å². The van der Waals surface area contributed by atoms with Crippen molar-refractivity contribution >= 4 is 27.7 Å². The van der Waals surface area contributed by atoms with Crippen LogP contribution in [0.1, 0.15) is 12.0 Å². The van der Waals surface area contributed by atoms with Crippen LogP contribution in [-0.2, 0) is 6.54 Å². The third-order valence-electron chi connectivity index (χ3n) is 2.88. The van der Waals surface area contributed by atoms with Crippen LogP contribution in [0.2, 0.25) is 0 Å². The van der Waals surface area contributed by atoms with E-state index in [1.165, 1.54) is 24.0 Å². The lowest BCUT2D eigenvalue weighted by atomic mass is 10.1. The highest BCUT2D eigenvalue weighted by molar-refractivity contribution is 9.10. The summed E-state index contributed by atoms with van der Waals surface area (Å²) in [7, 11) is 2.12. The Hall–Kier alpha value is -0.0600. The molecule has 4 heteroatoms. The Morgan fingerprint density at radius 2 is 2.31 bits per heavy atom. The van der Waals surface area contributed by atoms with Crippen LogP contribution in [0.3, 0.4) is 0 Å². The Balaban J connectivity index is 2.02. The van der Waals surface area contributed by atoms with Gasteiger partial charge in [-0.15, -0.1) is 0 Å². The molecule has 1 aliphatic heterocycles. The van der Waals surface area contributed by atoms with Gasteiger partial charge >= 0.3 is 0 Å². The Morgan fingerprint density at radius 3 is 2.94 bits per heavy atom. The fourth-order valence-electron chi connectivity index (χ4n) is 1.99. The van der Waals surface area contributed by atoms with Gasteiger partial charge in [0.15, 0.2) is 0 Å². The first-order chi connectivity index (χ1) is 7.65. The van der Waals surface area contributed by atoms with Crippen molar-refractivity contribution in [3.05, 3.63) is 34.1 Å². The highest BCUT2D eigenvalue weighted by atomic mass is 79.9. The molecule has 0 bridgehead atoms. The van der Waals surface area contributed by atoms with Gasteiger partial charge in [0.1, 0.15) is 5.82 Å². The number of nitrogens with zero attached hydrogens (tertiary/aromatic N) is 1. The normalized spacial score (nSPS) is 20.6. The molecule has 1 fully saturated rings. The van der Waals surface area contributed by atoms with Crippen LogP contribution >= 0.6 is 27.7 Å². The van der Waals surface area contributed by atoms with Gasteiger partial charge in [-0.25, -0.2) is 4.39 Å². The molecule has 0 N–H and O–H groups in total. The summed E-state index contributed by atoms with van der Waals surface area (Å²) >= 11 is 5.33. The van der Waals surface area contributed by atoms with Crippen LogP contribution in [0.5, 0.6) is 0 Å². The summed E-state index contributed by atoms with van der Waals surface area (Å²) in [4.78, 5) is 2.32. The number of thioether (sulfide) groups is 1. The van der Waals surface area contributed by atoms with E-state index in [9.17, 15) is 4.39 Å². The van der Waals surface area contributed by atoms with Gasteiger partial charge in [-0.1, -0.05) is 15.9 Å². The van der Waals surface area contributed by atoms with Crippen LogP contribution < -0.4 is 0 Å². The molecule has 88 valence electrons. The Morgan fingerprint density at radius 1 is 1.50 bits per heavy atom. The molecule has 0 radical (unpaired) electrons. The summed E-state index contributed by atoms with van der Waals surface area (Å²) in [6.45, 7) is 0.821. The molecule has 1 saturated heterocycles. The van der Waals surface area contributed by atoms with Crippen molar-refractivity contribution in [2.24, 2.45) is 0 Å². The first-order valence-electron chi connectivity index (χ1n) is 5.38. The zero-order chi connectivity index (χ0) is 11.5.